The number of methoxy groups -OCH3 is 1. The molecular formula is C11H14O2S. The number of hydrogen-bond acceptors (Lipinski definition) is 3. The molecule has 0 aromatic carbocycles. The van der Waals surface area contributed by atoms with Gasteiger partial charge < -0.3 is 4.74 Å². The first kappa shape index (κ1) is 11.0. The van der Waals surface area contributed by atoms with E-state index in [-0.39, 0.29) is 11.9 Å². The highest BCUT2D eigenvalue weighted by molar-refractivity contribution is 7.12. The number of hydrogen-bond donors (Lipinski definition) is 0. The molecule has 1 aromatic heterocycles. The zero-order valence-electron chi connectivity index (χ0n) is 8.45. The lowest BCUT2D eigenvalue weighted by Gasteiger charge is -2.05. The minimum Gasteiger partial charge on any atom is -0.469 e. The maximum atomic E-state index is 11.2. The summed E-state index contributed by atoms with van der Waals surface area (Å²) in [7, 11) is 1.41. The van der Waals surface area contributed by atoms with Gasteiger partial charge in [0.05, 0.1) is 13.0 Å². The lowest BCUT2D eigenvalue weighted by atomic mass is 10.1. The van der Waals surface area contributed by atoms with E-state index in [0.29, 0.717) is 0 Å². The molecule has 76 valence electrons. The van der Waals surface area contributed by atoms with Crippen LogP contribution in [-0.4, -0.2) is 13.1 Å². The van der Waals surface area contributed by atoms with Gasteiger partial charge in [-0.15, -0.1) is 17.9 Å². The third-order valence-corrected chi connectivity index (χ3v) is 3.30. The van der Waals surface area contributed by atoms with Crippen molar-refractivity contribution in [2.24, 2.45) is 0 Å². The molecule has 1 aromatic rings. The molecule has 0 aliphatic heterocycles. The smallest absolute Gasteiger partial charge is 0.313 e. The number of thiophene rings is 1. The molecule has 0 amide bonds. The van der Waals surface area contributed by atoms with Gasteiger partial charge in [0.15, 0.2) is 0 Å². The summed E-state index contributed by atoms with van der Waals surface area (Å²) >= 11 is 1.64. The van der Waals surface area contributed by atoms with Crippen molar-refractivity contribution in [1.82, 2.24) is 0 Å². The summed E-state index contributed by atoms with van der Waals surface area (Å²) in [5, 5.41) is 0. The summed E-state index contributed by atoms with van der Waals surface area (Å²) < 4.78 is 4.68. The Morgan fingerprint density at radius 2 is 2.43 bits per heavy atom. The van der Waals surface area contributed by atoms with Gasteiger partial charge in [-0.2, -0.15) is 0 Å². The average Bonchev–Trinajstić information content (AvgIpc) is 2.64. The van der Waals surface area contributed by atoms with Gasteiger partial charge in [-0.1, -0.05) is 6.08 Å². The minimum absolute atomic E-state index is 0.163. The van der Waals surface area contributed by atoms with Gasteiger partial charge in [0, 0.05) is 9.75 Å². The Labute approximate surface area is 88.2 Å². The van der Waals surface area contributed by atoms with Crippen molar-refractivity contribution in [1.29, 1.82) is 0 Å². The zero-order chi connectivity index (χ0) is 10.6. The number of allylic oxidation sites excluding steroid dienone is 1. The molecule has 0 bridgehead atoms. The third kappa shape index (κ3) is 2.45. The molecule has 0 spiro atoms. The van der Waals surface area contributed by atoms with Crippen molar-refractivity contribution in [2.45, 2.75) is 19.3 Å². The van der Waals surface area contributed by atoms with Crippen LogP contribution in [0.3, 0.4) is 0 Å². The molecule has 0 aliphatic carbocycles. The summed E-state index contributed by atoms with van der Waals surface area (Å²) in [4.78, 5) is 13.5. The maximum absolute atomic E-state index is 11.2. The Kier molecular flexibility index (Phi) is 3.89. The van der Waals surface area contributed by atoms with E-state index in [1.54, 1.807) is 11.3 Å². The second kappa shape index (κ2) is 4.96. The lowest BCUT2D eigenvalue weighted by molar-refractivity contribution is -0.141. The van der Waals surface area contributed by atoms with Crippen LogP contribution >= 0.6 is 11.3 Å². The molecule has 0 saturated heterocycles. The van der Waals surface area contributed by atoms with Gasteiger partial charge in [-0.25, -0.2) is 0 Å². The number of ether oxygens (including phenoxy) is 1. The van der Waals surface area contributed by atoms with Gasteiger partial charge >= 0.3 is 5.97 Å². The van der Waals surface area contributed by atoms with Crippen molar-refractivity contribution in [3.05, 3.63) is 34.5 Å². The predicted octanol–water partition coefficient (Wildman–Crippen LogP) is 2.75. The van der Waals surface area contributed by atoms with Gasteiger partial charge in [-0.3, -0.25) is 4.79 Å². The van der Waals surface area contributed by atoms with Gasteiger partial charge in [0.1, 0.15) is 0 Å². The van der Waals surface area contributed by atoms with E-state index in [9.17, 15) is 4.79 Å². The molecule has 0 aliphatic rings. The number of carbonyl (C=O) groups excluding carboxylic acids is 1. The molecule has 14 heavy (non-hydrogen) atoms. The Bertz CT molecular complexity index is 328. The highest BCUT2D eigenvalue weighted by atomic mass is 32.1. The molecule has 0 N–H and O–H groups in total. The summed E-state index contributed by atoms with van der Waals surface area (Å²) in [5.74, 6) is -0.347. The van der Waals surface area contributed by atoms with Crippen LogP contribution in [0.5, 0.6) is 0 Å². The SMILES string of the molecule is C=CCc1ccc(C(C)C(=O)OC)s1. The molecule has 1 atom stereocenters. The van der Waals surface area contributed by atoms with E-state index in [0.717, 1.165) is 11.3 Å². The number of rotatable bonds is 4. The molecule has 1 heterocycles. The molecule has 0 saturated carbocycles. The average molecular weight is 210 g/mol. The molecule has 0 fully saturated rings. The van der Waals surface area contributed by atoms with Gasteiger partial charge in [0.25, 0.3) is 0 Å². The van der Waals surface area contributed by atoms with Gasteiger partial charge in [0.2, 0.25) is 0 Å². The standard InChI is InChI=1S/C11H14O2S/c1-4-5-9-6-7-10(14-9)8(2)11(12)13-3/h4,6-8H,1,5H2,2-3H3. The van der Waals surface area contributed by atoms with Crippen LogP contribution in [0.1, 0.15) is 22.6 Å². The Morgan fingerprint density at radius 1 is 1.71 bits per heavy atom. The topological polar surface area (TPSA) is 26.3 Å². The fourth-order valence-corrected chi connectivity index (χ4v) is 2.22. The first-order valence-electron chi connectivity index (χ1n) is 4.46. The minimum atomic E-state index is -0.183. The quantitative estimate of drug-likeness (QED) is 0.564. The second-order valence-corrected chi connectivity index (χ2v) is 4.24. The van der Waals surface area contributed by atoms with E-state index < -0.39 is 0 Å². The van der Waals surface area contributed by atoms with Crippen LogP contribution in [0.4, 0.5) is 0 Å². The number of esters is 1. The second-order valence-electron chi connectivity index (χ2n) is 3.04. The van der Waals surface area contributed by atoms with Crippen molar-refractivity contribution in [3.8, 4) is 0 Å². The van der Waals surface area contributed by atoms with Crippen molar-refractivity contribution in [2.75, 3.05) is 7.11 Å². The maximum Gasteiger partial charge on any atom is 0.313 e. The molecule has 1 rings (SSSR count). The van der Waals surface area contributed by atoms with E-state index in [4.69, 9.17) is 0 Å². The summed E-state index contributed by atoms with van der Waals surface area (Å²) in [5.41, 5.74) is 0. The highest BCUT2D eigenvalue weighted by Gasteiger charge is 2.17. The fourth-order valence-electron chi connectivity index (χ4n) is 1.17. The number of carbonyl (C=O) groups is 1. The molecule has 1 unspecified atom stereocenters. The van der Waals surface area contributed by atoms with E-state index in [1.165, 1.54) is 12.0 Å². The summed E-state index contributed by atoms with van der Waals surface area (Å²) in [6.07, 6.45) is 2.72. The molecule has 3 heteroatoms. The van der Waals surface area contributed by atoms with Crippen molar-refractivity contribution < 1.29 is 9.53 Å². The lowest BCUT2D eigenvalue weighted by Crippen LogP contribution is -2.09. The van der Waals surface area contributed by atoms with E-state index in [2.05, 4.69) is 11.3 Å². The van der Waals surface area contributed by atoms with Crippen LogP contribution in [0.25, 0.3) is 0 Å². The normalized spacial score (nSPS) is 12.1. The van der Waals surface area contributed by atoms with Crippen LogP contribution in [0, 0.1) is 0 Å². The van der Waals surface area contributed by atoms with E-state index in [1.807, 2.05) is 25.1 Å². The fraction of sp³-hybridized carbons (Fsp3) is 0.364. The highest BCUT2D eigenvalue weighted by Crippen LogP contribution is 2.25. The van der Waals surface area contributed by atoms with Crippen LogP contribution in [0.2, 0.25) is 0 Å². The largest absolute Gasteiger partial charge is 0.469 e. The van der Waals surface area contributed by atoms with Crippen LogP contribution < -0.4 is 0 Å². The first-order valence-corrected chi connectivity index (χ1v) is 5.28. The monoisotopic (exact) mass is 210 g/mol. The van der Waals surface area contributed by atoms with Crippen LogP contribution in [0.15, 0.2) is 24.8 Å². The van der Waals surface area contributed by atoms with Crippen molar-refractivity contribution in [3.63, 3.8) is 0 Å². The summed E-state index contributed by atoms with van der Waals surface area (Å²) in [6.45, 7) is 5.53. The summed E-state index contributed by atoms with van der Waals surface area (Å²) in [6, 6.07) is 4.01. The first-order chi connectivity index (χ1) is 6.69. The Balaban J connectivity index is 2.75. The predicted molar refractivity (Wildman–Crippen MR) is 58.7 cm³/mol. The molecular weight excluding hydrogens is 196 g/mol. The van der Waals surface area contributed by atoms with Crippen molar-refractivity contribution >= 4 is 17.3 Å². The van der Waals surface area contributed by atoms with E-state index >= 15 is 0 Å². The molecule has 2 nitrogen and oxygen atoms in total. The zero-order valence-corrected chi connectivity index (χ0v) is 9.26. The Hall–Kier alpha value is -1.09. The van der Waals surface area contributed by atoms with Gasteiger partial charge in [-0.05, 0) is 25.5 Å². The van der Waals surface area contributed by atoms with Crippen LogP contribution in [-0.2, 0) is 16.0 Å². The Morgan fingerprint density at radius 3 is 3.00 bits per heavy atom. The molecule has 0 radical (unpaired) electrons. The third-order valence-electron chi connectivity index (χ3n) is 2.01.